The molecule has 134 valence electrons. The first-order chi connectivity index (χ1) is 12.5. The summed E-state index contributed by atoms with van der Waals surface area (Å²) in [4.78, 5) is 12.0. The van der Waals surface area contributed by atoms with Crippen molar-refractivity contribution >= 4 is 11.7 Å². The van der Waals surface area contributed by atoms with Crippen LogP contribution in [0, 0.1) is 13.8 Å². The fourth-order valence-electron chi connectivity index (χ4n) is 3.30. The Morgan fingerprint density at radius 3 is 2.77 bits per heavy atom. The van der Waals surface area contributed by atoms with Gasteiger partial charge in [0.25, 0.3) is 0 Å². The van der Waals surface area contributed by atoms with Gasteiger partial charge in [-0.15, -0.1) is 0 Å². The van der Waals surface area contributed by atoms with Gasteiger partial charge in [-0.05, 0) is 31.5 Å². The van der Waals surface area contributed by atoms with Crippen molar-refractivity contribution in [3.63, 3.8) is 0 Å². The van der Waals surface area contributed by atoms with Crippen LogP contribution in [0.15, 0.2) is 35.0 Å². The van der Waals surface area contributed by atoms with E-state index >= 15 is 0 Å². The smallest absolute Gasteiger partial charge is 0.226 e. The summed E-state index contributed by atoms with van der Waals surface area (Å²) in [7, 11) is 1.83. The number of benzene rings is 1. The van der Waals surface area contributed by atoms with Crippen LogP contribution >= 0.6 is 0 Å². The molecule has 3 heterocycles. The molecule has 0 aliphatic carbocycles. The molecule has 0 radical (unpaired) electrons. The Bertz CT molecular complexity index is 936. The van der Waals surface area contributed by atoms with Gasteiger partial charge in [-0.1, -0.05) is 17.3 Å². The van der Waals surface area contributed by atoms with Gasteiger partial charge in [-0.3, -0.25) is 9.48 Å². The summed E-state index contributed by atoms with van der Waals surface area (Å²) < 4.78 is 12.7. The van der Waals surface area contributed by atoms with Crippen LogP contribution in [0.5, 0.6) is 5.75 Å². The highest BCUT2D eigenvalue weighted by Crippen LogP contribution is 2.37. The van der Waals surface area contributed by atoms with E-state index in [4.69, 9.17) is 9.26 Å². The lowest BCUT2D eigenvalue weighted by Crippen LogP contribution is -2.24. The zero-order valence-corrected chi connectivity index (χ0v) is 14.9. The molecule has 2 aromatic heterocycles. The molecule has 0 saturated heterocycles. The molecule has 0 bridgehead atoms. The lowest BCUT2D eigenvalue weighted by atomic mass is 9.87. The molecule has 3 aromatic rings. The first-order valence-corrected chi connectivity index (χ1v) is 8.49. The largest absolute Gasteiger partial charge is 0.489 e. The molecule has 7 nitrogen and oxygen atoms in total. The third-order valence-corrected chi connectivity index (χ3v) is 4.84. The monoisotopic (exact) mass is 352 g/mol. The van der Waals surface area contributed by atoms with Gasteiger partial charge in [0, 0.05) is 24.9 Å². The minimum Gasteiger partial charge on any atom is -0.489 e. The molecule has 4 rings (SSSR count). The maximum Gasteiger partial charge on any atom is 0.226 e. The van der Waals surface area contributed by atoms with Crippen molar-refractivity contribution in [1.29, 1.82) is 0 Å². The Morgan fingerprint density at radius 1 is 1.31 bits per heavy atom. The number of rotatable bonds is 4. The lowest BCUT2D eigenvalue weighted by molar-refractivity contribution is -0.116. The van der Waals surface area contributed by atoms with Crippen LogP contribution in [0.2, 0.25) is 0 Å². The number of nitrogens with one attached hydrogen (secondary N) is 1. The van der Waals surface area contributed by atoms with Crippen LogP contribution in [0.3, 0.4) is 0 Å². The summed E-state index contributed by atoms with van der Waals surface area (Å²) in [5.41, 5.74) is 3.92. The van der Waals surface area contributed by atoms with E-state index in [9.17, 15) is 4.79 Å². The van der Waals surface area contributed by atoms with Crippen LogP contribution in [-0.4, -0.2) is 20.8 Å². The van der Waals surface area contributed by atoms with Crippen LogP contribution in [0.4, 0.5) is 5.82 Å². The van der Waals surface area contributed by atoms with Crippen molar-refractivity contribution in [2.24, 2.45) is 7.05 Å². The molecule has 26 heavy (non-hydrogen) atoms. The van der Waals surface area contributed by atoms with Crippen LogP contribution in [0.25, 0.3) is 0 Å². The molecular weight excluding hydrogens is 332 g/mol. The summed E-state index contributed by atoms with van der Waals surface area (Å²) in [6.45, 7) is 4.19. The molecule has 0 spiro atoms. The van der Waals surface area contributed by atoms with Crippen LogP contribution in [0.1, 0.15) is 40.5 Å². The molecule has 0 saturated carbocycles. The fourth-order valence-corrected chi connectivity index (χ4v) is 3.30. The molecule has 1 N–H and O–H groups in total. The third kappa shape index (κ3) is 2.85. The van der Waals surface area contributed by atoms with E-state index in [1.54, 1.807) is 4.68 Å². The Hall–Kier alpha value is -3.09. The zero-order valence-electron chi connectivity index (χ0n) is 14.9. The lowest BCUT2D eigenvalue weighted by Gasteiger charge is -2.23. The molecular formula is C19H20N4O3. The van der Waals surface area contributed by atoms with E-state index in [-0.39, 0.29) is 11.8 Å². The molecule has 1 aliphatic rings. The van der Waals surface area contributed by atoms with Crippen molar-refractivity contribution in [3.05, 3.63) is 58.6 Å². The Labute approximate surface area is 150 Å². The van der Waals surface area contributed by atoms with Gasteiger partial charge < -0.3 is 14.6 Å². The quantitative estimate of drug-likeness (QED) is 0.780. The predicted molar refractivity (Wildman–Crippen MR) is 95.0 cm³/mol. The maximum atomic E-state index is 12.0. The van der Waals surface area contributed by atoms with Gasteiger partial charge in [-0.25, -0.2) is 0 Å². The first-order valence-electron chi connectivity index (χ1n) is 8.49. The number of carbonyl (C=O) groups excluding carboxylic acids is 1. The van der Waals surface area contributed by atoms with E-state index in [0.717, 1.165) is 39.7 Å². The van der Waals surface area contributed by atoms with Crippen LogP contribution < -0.4 is 10.1 Å². The number of amides is 1. The Kier molecular flexibility index (Phi) is 3.99. The molecule has 1 unspecified atom stereocenters. The summed E-state index contributed by atoms with van der Waals surface area (Å²) in [6.07, 6.45) is 2.24. The summed E-state index contributed by atoms with van der Waals surface area (Å²) in [5.74, 6) is 2.32. The van der Waals surface area contributed by atoms with Crippen molar-refractivity contribution in [1.82, 2.24) is 14.9 Å². The van der Waals surface area contributed by atoms with E-state index in [1.165, 1.54) is 0 Å². The Balaban J connectivity index is 1.52. The van der Waals surface area contributed by atoms with E-state index in [2.05, 4.69) is 15.6 Å². The predicted octanol–water partition coefficient (Wildman–Crippen LogP) is 3.08. The summed E-state index contributed by atoms with van der Waals surface area (Å²) >= 11 is 0. The minimum atomic E-state index is 0.00376. The zero-order chi connectivity index (χ0) is 18.3. The minimum absolute atomic E-state index is 0.00376. The normalized spacial score (nSPS) is 16.3. The summed E-state index contributed by atoms with van der Waals surface area (Å²) in [6, 6.07) is 7.86. The van der Waals surface area contributed by atoms with Crippen molar-refractivity contribution in [2.75, 3.05) is 5.32 Å². The van der Waals surface area contributed by atoms with E-state index in [1.807, 2.05) is 51.4 Å². The van der Waals surface area contributed by atoms with Crippen molar-refractivity contribution < 1.29 is 14.1 Å². The number of fused-ring (bicyclic) bond motifs is 1. The number of hydrogen-bond acceptors (Lipinski definition) is 5. The average molecular weight is 352 g/mol. The highest BCUT2D eigenvalue weighted by atomic mass is 16.5. The molecule has 1 amide bonds. The number of aromatic nitrogens is 3. The highest BCUT2D eigenvalue weighted by molar-refractivity contribution is 5.94. The van der Waals surface area contributed by atoms with E-state index < -0.39 is 0 Å². The fraction of sp³-hybridized carbons (Fsp3) is 0.316. The second-order valence-corrected chi connectivity index (χ2v) is 6.54. The number of ether oxygens (including phenoxy) is 1. The molecule has 1 aromatic carbocycles. The molecule has 0 fully saturated rings. The second kappa shape index (κ2) is 6.33. The number of carbonyl (C=O) groups is 1. The van der Waals surface area contributed by atoms with Gasteiger partial charge in [-0.2, -0.15) is 5.10 Å². The molecule has 7 heteroatoms. The topological polar surface area (TPSA) is 82.2 Å². The van der Waals surface area contributed by atoms with Crippen molar-refractivity contribution in [3.8, 4) is 5.75 Å². The number of hydrogen-bond donors (Lipinski definition) is 1. The van der Waals surface area contributed by atoms with Crippen LogP contribution in [-0.2, 0) is 18.4 Å². The second-order valence-electron chi connectivity index (χ2n) is 6.54. The van der Waals surface area contributed by atoms with E-state index in [0.29, 0.717) is 13.0 Å². The summed E-state index contributed by atoms with van der Waals surface area (Å²) in [5, 5.41) is 11.1. The highest BCUT2D eigenvalue weighted by Gasteiger charge is 2.29. The van der Waals surface area contributed by atoms with Gasteiger partial charge >= 0.3 is 0 Å². The Morgan fingerprint density at radius 2 is 2.08 bits per heavy atom. The number of anilines is 1. The van der Waals surface area contributed by atoms with Crippen molar-refractivity contribution in [2.45, 2.75) is 32.8 Å². The maximum absolute atomic E-state index is 12.0. The van der Waals surface area contributed by atoms with Gasteiger partial charge in [0.05, 0.1) is 17.5 Å². The SMILES string of the molecule is Cc1noc(C)c1COc1ccc(C2CC(=O)Nc3c2cnn3C)cc1. The first kappa shape index (κ1) is 16.4. The third-order valence-electron chi connectivity index (χ3n) is 4.84. The van der Waals surface area contributed by atoms with Gasteiger partial charge in [0.1, 0.15) is 23.9 Å². The van der Waals surface area contributed by atoms with Gasteiger partial charge in [0.2, 0.25) is 5.91 Å². The standard InChI is InChI=1S/C19H20N4O3/c1-11-17(12(2)26-22-11)10-25-14-6-4-13(5-7-14)15-8-18(24)21-19-16(15)9-20-23(19)3/h4-7,9,15H,8,10H2,1-3H3,(H,21,24). The van der Waals surface area contributed by atoms with Gasteiger partial charge in [0.15, 0.2) is 0 Å². The number of nitrogens with zero attached hydrogens (tertiary/aromatic N) is 3. The molecule has 1 aliphatic heterocycles. The molecule has 1 atom stereocenters. The average Bonchev–Trinajstić information content (AvgIpc) is 3.16. The number of aryl methyl sites for hydroxylation is 3.